The van der Waals surface area contributed by atoms with E-state index in [0.717, 1.165) is 27.4 Å². The molecule has 4 rings (SSSR count). The fourth-order valence-corrected chi connectivity index (χ4v) is 4.86. The van der Waals surface area contributed by atoms with E-state index in [2.05, 4.69) is 26.2 Å². The Hall–Kier alpha value is -3.23. The molecule has 0 spiro atoms. The normalized spacial score (nSPS) is 11.8. The average Bonchev–Trinajstić information content (AvgIpc) is 2.84. The summed E-state index contributed by atoms with van der Waals surface area (Å²) < 4.78 is 2.39. The maximum Gasteiger partial charge on any atom is 0.262 e. The first kappa shape index (κ1) is 23.9. The van der Waals surface area contributed by atoms with Gasteiger partial charge in [0, 0.05) is 4.47 Å². The zero-order valence-corrected chi connectivity index (χ0v) is 20.8. The number of nitrogens with zero attached hydrogens (tertiary/aromatic N) is 2. The highest BCUT2D eigenvalue weighted by atomic mass is 79.9. The number of nitrogens with one attached hydrogen (secondary N) is 1. The van der Waals surface area contributed by atoms with E-state index in [1.54, 1.807) is 16.7 Å². The van der Waals surface area contributed by atoms with Crippen molar-refractivity contribution in [1.29, 1.82) is 0 Å². The fraction of sp³-hybridized carbons (Fsp3) is 0.154. The van der Waals surface area contributed by atoms with Crippen LogP contribution in [0, 0.1) is 0 Å². The second-order valence-electron chi connectivity index (χ2n) is 7.74. The predicted octanol–water partition coefficient (Wildman–Crippen LogP) is 4.75. The van der Waals surface area contributed by atoms with E-state index < -0.39 is 5.91 Å². The minimum absolute atomic E-state index is 0.0451. The lowest BCUT2D eigenvalue weighted by Gasteiger charge is -2.20. The van der Waals surface area contributed by atoms with Crippen LogP contribution in [0.5, 0.6) is 0 Å². The van der Waals surface area contributed by atoms with Gasteiger partial charge in [0.2, 0.25) is 11.8 Å². The third kappa shape index (κ3) is 5.63. The highest BCUT2D eigenvalue weighted by molar-refractivity contribution is 9.10. The van der Waals surface area contributed by atoms with Crippen molar-refractivity contribution in [2.75, 3.05) is 5.75 Å². The van der Waals surface area contributed by atoms with E-state index in [0.29, 0.717) is 16.1 Å². The summed E-state index contributed by atoms with van der Waals surface area (Å²) in [6.07, 6.45) is 0.121. The van der Waals surface area contributed by atoms with Gasteiger partial charge in [-0.2, -0.15) is 0 Å². The molecule has 1 atom stereocenters. The Kier molecular flexibility index (Phi) is 7.59. The number of fused-ring (bicyclic) bond motifs is 1. The monoisotopic (exact) mass is 535 g/mol. The number of halogens is 1. The van der Waals surface area contributed by atoms with E-state index in [4.69, 9.17) is 0 Å². The molecule has 0 aliphatic heterocycles. The first-order valence-corrected chi connectivity index (χ1v) is 12.5. The van der Waals surface area contributed by atoms with E-state index in [1.807, 2.05) is 73.7 Å². The molecule has 1 N–H and O–H groups in total. The molecule has 34 heavy (non-hydrogen) atoms. The molecule has 6 nitrogen and oxygen atoms in total. The molecular weight excluding hydrogens is 514 g/mol. The van der Waals surface area contributed by atoms with Crippen molar-refractivity contribution in [2.24, 2.45) is 0 Å². The number of hydrogen-bond donors (Lipinski definition) is 1. The van der Waals surface area contributed by atoms with Gasteiger partial charge < -0.3 is 0 Å². The Morgan fingerprint density at radius 2 is 1.68 bits per heavy atom. The van der Waals surface area contributed by atoms with Gasteiger partial charge in [-0.25, -0.2) is 4.98 Å². The Balaban J connectivity index is 1.58. The van der Waals surface area contributed by atoms with Crippen LogP contribution in [0.25, 0.3) is 10.9 Å². The summed E-state index contributed by atoms with van der Waals surface area (Å²) in [4.78, 5) is 42.9. The quantitative estimate of drug-likeness (QED) is 0.273. The second kappa shape index (κ2) is 10.8. The average molecular weight is 536 g/mol. The van der Waals surface area contributed by atoms with E-state index in [9.17, 15) is 14.4 Å². The molecule has 2 amide bonds. The standard InChI is InChI=1S/C26H22BrN3O3S/c1-17(19-10-6-3-7-11-19)30-25(33)21-15-20(27)12-13-22(21)28-26(30)34-16-24(32)29-23(31)14-18-8-4-2-5-9-18/h2-13,15,17H,14,16H2,1H3,(H,29,31,32). The summed E-state index contributed by atoms with van der Waals surface area (Å²) in [5.74, 6) is -0.852. The third-order valence-corrected chi connectivity index (χ3v) is 6.76. The van der Waals surface area contributed by atoms with Gasteiger partial charge in [0.25, 0.3) is 5.56 Å². The van der Waals surface area contributed by atoms with E-state index in [-0.39, 0.29) is 29.7 Å². The highest BCUT2D eigenvalue weighted by Crippen LogP contribution is 2.26. The van der Waals surface area contributed by atoms with Gasteiger partial charge >= 0.3 is 0 Å². The first-order chi connectivity index (χ1) is 16.4. The number of hydrogen-bond acceptors (Lipinski definition) is 5. The minimum atomic E-state index is -0.435. The van der Waals surface area contributed by atoms with Gasteiger partial charge in [0.05, 0.1) is 29.1 Å². The third-order valence-electron chi connectivity index (χ3n) is 5.32. The first-order valence-electron chi connectivity index (χ1n) is 10.7. The number of aromatic nitrogens is 2. The maximum absolute atomic E-state index is 13.5. The topological polar surface area (TPSA) is 81.1 Å². The number of thioether (sulfide) groups is 1. The van der Waals surface area contributed by atoms with Crippen LogP contribution < -0.4 is 10.9 Å². The Morgan fingerprint density at radius 1 is 1.00 bits per heavy atom. The van der Waals surface area contributed by atoms with Gasteiger partial charge in [0.15, 0.2) is 5.16 Å². The number of rotatable bonds is 7. The summed E-state index contributed by atoms with van der Waals surface area (Å²) in [5, 5.41) is 3.33. The van der Waals surface area contributed by atoms with Crippen LogP contribution in [0.2, 0.25) is 0 Å². The van der Waals surface area contributed by atoms with Gasteiger partial charge in [-0.15, -0.1) is 0 Å². The molecule has 1 unspecified atom stereocenters. The molecule has 4 aromatic rings. The lowest BCUT2D eigenvalue weighted by molar-refractivity contribution is -0.128. The van der Waals surface area contributed by atoms with E-state index >= 15 is 0 Å². The molecule has 0 saturated carbocycles. The molecule has 0 bridgehead atoms. The smallest absolute Gasteiger partial charge is 0.262 e. The number of amides is 2. The minimum Gasteiger partial charge on any atom is -0.295 e. The zero-order valence-electron chi connectivity index (χ0n) is 18.4. The van der Waals surface area contributed by atoms with Crippen LogP contribution in [0.15, 0.2) is 93.3 Å². The SMILES string of the molecule is CC(c1ccccc1)n1c(SCC(=O)NC(=O)Cc2ccccc2)nc2ccc(Br)cc2c1=O. The molecular formula is C26H22BrN3O3S. The molecule has 172 valence electrons. The number of carbonyl (C=O) groups is 2. The summed E-state index contributed by atoms with van der Waals surface area (Å²) >= 11 is 4.56. The number of carbonyl (C=O) groups excluding carboxylic acids is 2. The highest BCUT2D eigenvalue weighted by Gasteiger charge is 2.19. The van der Waals surface area contributed by atoms with Crippen LogP contribution in [-0.2, 0) is 16.0 Å². The van der Waals surface area contributed by atoms with Crippen molar-refractivity contribution in [3.63, 3.8) is 0 Å². The van der Waals surface area contributed by atoms with Crippen LogP contribution in [0.4, 0.5) is 0 Å². The Morgan fingerprint density at radius 3 is 2.38 bits per heavy atom. The number of benzene rings is 3. The molecule has 0 aliphatic carbocycles. The van der Waals surface area contributed by atoms with Gasteiger partial charge in [-0.1, -0.05) is 88.4 Å². The van der Waals surface area contributed by atoms with E-state index in [1.165, 1.54) is 0 Å². The molecule has 1 aromatic heterocycles. The molecule has 0 aliphatic rings. The molecule has 0 fully saturated rings. The summed E-state index contributed by atoms with van der Waals surface area (Å²) in [7, 11) is 0. The summed E-state index contributed by atoms with van der Waals surface area (Å²) in [5.41, 5.74) is 2.14. The van der Waals surface area contributed by atoms with Crippen LogP contribution in [-0.4, -0.2) is 27.1 Å². The summed E-state index contributed by atoms with van der Waals surface area (Å²) in [6.45, 7) is 1.93. The van der Waals surface area contributed by atoms with Crippen molar-refractivity contribution in [3.05, 3.63) is 105 Å². The van der Waals surface area contributed by atoms with Crippen molar-refractivity contribution in [3.8, 4) is 0 Å². The fourth-order valence-electron chi connectivity index (χ4n) is 3.62. The van der Waals surface area contributed by atoms with Crippen molar-refractivity contribution in [1.82, 2.24) is 14.9 Å². The molecule has 8 heteroatoms. The largest absolute Gasteiger partial charge is 0.295 e. The summed E-state index contributed by atoms with van der Waals surface area (Å²) in [6, 6.07) is 23.9. The molecule has 0 radical (unpaired) electrons. The molecule has 0 saturated heterocycles. The lowest BCUT2D eigenvalue weighted by Crippen LogP contribution is -2.33. The Labute approximate surface area is 209 Å². The van der Waals surface area contributed by atoms with Crippen LogP contribution in [0.1, 0.15) is 24.1 Å². The van der Waals surface area contributed by atoms with Crippen LogP contribution in [0.3, 0.4) is 0 Å². The Bertz CT molecular complexity index is 1390. The van der Waals surface area contributed by atoms with Gasteiger partial charge in [-0.3, -0.25) is 24.3 Å². The van der Waals surface area contributed by atoms with Gasteiger partial charge in [-0.05, 0) is 36.2 Å². The van der Waals surface area contributed by atoms with Crippen LogP contribution >= 0.6 is 27.7 Å². The molecule has 1 heterocycles. The zero-order chi connectivity index (χ0) is 24.1. The predicted molar refractivity (Wildman–Crippen MR) is 138 cm³/mol. The second-order valence-corrected chi connectivity index (χ2v) is 9.60. The van der Waals surface area contributed by atoms with Crippen molar-refractivity contribution >= 4 is 50.4 Å². The van der Waals surface area contributed by atoms with Gasteiger partial charge in [0.1, 0.15) is 0 Å². The molecule has 3 aromatic carbocycles. The lowest BCUT2D eigenvalue weighted by atomic mass is 10.1. The maximum atomic E-state index is 13.5. The number of imide groups is 1. The van der Waals surface area contributed by atoms with Crippen molar-refractivity contribution in [2.45, 2.75) is 24.5 Å². The van der Waals surface area contributed by atoms with Crippen molar-refractivity contribution < 1.29 is 9.59 Å².